The highest BCUT2D eigenvalue weighted by atomic mass is 32.1. The van der Waals surface area contributed by atoms with Crippen LogP contribution >= 0.6 is 11.3 Å². The first kappa shape index (κ1) is 16.5. The van der Waals surface area contributed by atoms with Gasteiger partial charge in [-0.1, -0.05) is 6.07 Å². The Morgan fingerprint density at radius 2 is 2.21 bits per heavy atom. The van der Waals surface area contributed by atoms with E-state index in [9.17, 15) is 4.79 Å². The average Bonchev–Trinajstić information content (AvgIpc) is 3.30. The molecule has 1 aromatic heterocycles. The van der Waals surface area contributed by atoms with Crippen molar-refractivity contribution in [2.45, 2.75) is 50.5 Å². The number of likely N-dealkylation sites (tertiary alicyclic amines) is 1. The molecule has 3 aliphatic rings. The van der Waals surface area contributed by atoms with Crippen molar-refractivity contribution in [3.63, 3.8) is 0 Å². The molecule has 5 nitrogen and oxygen atoms in total. The van der Waals surface area contributed by atoms with Gasteiger partial charge in [-0.05, 0) is 30.7 Å². The predicted octanol–water partition coefficient (Wildman–Crippen LogP) is 2.02. The molecule has 0 aromatic carbocycles. The Morgan fingerprint density at radius 3 is 2.96 bits per heavy atom. The van der Waals surface area contributed by atoms with E-state index in [1.165, 1.54) is 4.88 Å². The van der Waals surface area contributed by atoms with Crippen molar-refractivity contribution < 1.29 is 14.3 Å². The third kappa shape index (κ3) is 3.82. The van der Waals surface area contributed by atoms with Crippen molar-refractivity contribution >= 4 is 17.2 Å². The fourth-order valence-electron chi connectivity index (χ4n) is 4.25. The van der Waals surface area contributed by atoms with Crippen LogP contribution < -0.4 is 5.32 Å². The topological polar surface area (TPSA) is 50.8 Å². The molecule has 1 N–H and O–H groups in total. The molecule has 3 aliphatic heterocycles. The molecule has 3 atom stereocenters. The van der Waals surface area contributed by atoms with Crippen LogP contribution in [-0.4, -0.2) is 55.4 Å². The van der Waals surface area contributed by atoms with Crippen molar-refractivity contribution in [3.8, 4) is 0 Å². The summed E-state index contributed by atoms with van der Waals surface area (Å²) >= 11 is 1.67. The maximum atomic E-state index is 12.1. The van der Waals surface area contributed by atoms with Gasteiger partial charge in [-0.15, -0.1) is 11.3 Å². The Hall–Kier alpha value is -0.950. The Morgan fingerprint density at radius 1 is 1.33 bits per heavy atom. The van der Waals surface area contributed by atoms with E-state index in [1.807, 2.05) is 17.5 Å². The quantitative estimate of drug-likeness (QED) is 0.883. The summed E-state index contributed by atoms with van der Waals surface area (Å²) in [5.74, 6) is 0.706. The summed E-state index contributed by atoms with van der Waals surface area (Å²) in [7, 11) is 0. The minimum absolute atomic E-state index is 0.0974. The van der Waals surface area contributed by atoms with E-state index in [0.29, 0.717) is 31.0 Å². The number of fused-ring (bicyclic) bond motifs is 1. The largest absolute Gasteiger partial charge is 0.381 e. The molecule has 6 heteroatoms. The molecule has 0 spiro atoms. The van der Waals surface area contributed by atoms with E-state index < -0.39 is 0 Å². The lowest BCUT2D eigenvalue weighted by atomic mass is 10.0. The van der Waals surface area contributed by atoms with Crippen LogP contribution in [0.5, 0.6) is 0 Å². The fourth-order valence-corrected chi connectivity index (χ4v) is 4.90. The summed E-state index contributed by atoms with van der Waals surface area (Å²) in [5.41, 5.74) is 0. The number of carbonyl (C=O) groups excluding carboxylic acids is 1. The minimum Gasteiger partial charge on any atom is -0.381 e. The van der Waals surface area contributed by atoms with Crippen LogP contribution in [0.2, 0.25) is 0 Å². The van der Waals surface area contributed by atoms with Gasteiger partial charge in [0, 0.05) is 43.1 Å². The second kappa shape index (κ2) is 7.52. The number of amides is 1. The number of thiophene rings is 1. The van der Waals surface area contributed by atoms with Crippen molar-refractivity contribution in [1.82, 2.24) is 10.2 Å². The summed E-state index contributed by atoms with van der Waals surface area (Å²) in [4.78, 5) is 15.9. The Balaban J connectivity index is 1.20. The van der Waals surface area contributed by atoms with E-state index >= 15 is 0 Å². The van der Waals surface area contributed by atoms with Crippen molar-refractivity contribution in [3.05, 3.63) is 22.4 Å². The number of hydrogen-bond acceptors (Lipinski definition) is 5. The van der Waals surface area contributed by atoms with E-state index in [0.717, 1.165) is 45.6 Å². The van der Waals surface area contributed by atoms with Crippen LogP contribution in [0.4, 0.5) is 0 Å². The maximum absolute atomic E-state index is 12.1. The van der Waals surface area contributed by atoms with Crippen LogP contribution in [0.3, 0.4) is 0 Å². The number of ether oxygens (including phenoxy) is 2. The minimum atomic E-state index is 0.0974. The lowest BCUT2D eigenvalue weighted by molar-refractivity contribution is -0.124. The number of nitrogens with one attached hydrogen (secondary N) is 1. The smallest absolute Gasteiger partial charge is 0.222 e. The molecule has 0 radical (unpaired) electrons. The van der Waals surface area contributed by atoms with Gasteiger partial charge in [0.15, 0.2) is 0 Å². The highest BCUT2D eigenvalue weighted by Crippen LogP contribution is 2.36. The molecule has 3 fully saturated rings. The molecule has 1 amide bonds. The molecule has 24 heavy (non-hydrogen) atoms. The molecule has 1 aromatic rings. The van der Waals surface area contributed by atoms with Crippen LogP contribution in [0.25, 0.3) is 0 Å². The molecular formula is C18H26N2O3S. The normalized spacial score (nSPS) is 31.2. The van der Waals surface area contributed by atoms with Crippen molar-refractivity contribution in [1.29, 1.82) is 0 Å². The maximum Gasteiger partial charge on any atom is 0.222 e. The number of rotatable bonds is 5. The highest BCUT2D eigenvalue weighted by molar-refractivity contribution is 7.09. The van der Waals surface area contributed by atoms with E-state index in [4.69, 9.17) is 9.47 Å². The first-order chi connectivity index (χ1) is 11.8. The first-order valence-corrected chi connectivity index (χ1v) is 9.92. The molecule has 132 valence electrons. The molecular weight excluding hydrogens is 324 g/mol. The molecule has 3 saturated heterocycles. The molecule has 0 bridgehead atoms. The van der Waals surface area contributed by atoms with Crippen LogP contribution in [0, 0.1) is 5.92 Å². The van der Waals surface area contributed by atoms with Crippen LogP contribution in [0.15, 0.2) is 17.5 Å². The van der Waals surface area contributed by atoms with Crippen molar-refractivity contribution in [2.75, 3.05) is 26.3 Å². The summed E-state index contributed by atoms with van der Waals surface area (Å²) in [6.07, 6.45) is 4.23. The van der Waals surface area contributed by atoms with Gasteiger partial charge in [-0.25, -0.2) is 0 Å². The van der Waals surface area contributed by atoms with Gasteiger partial charge >= 0.3 is 0 Å². The zero-order valence-electron chi connectivity index (χ0n) is 14.0. The lowest BCUT2D eigenvalue weighted by Crippen LogP contribution is -2.39. The lowest BCUT2D eigenvalue weighted by Gasteiger charge is -2.31. The van der Waals surface area contributed by atoms with E-state index in [-0.39, 0.29) is 12.0 Å². The SMILES string of the molecule is O=C(C[C@H]1C[C@H]2CN(C3CCOCC3)C[C@H]2O1)NCc1cccs1. The number of nitrogens with zero attached hydrogens (tertiary/aromatic N) is 1. The third-order valence-electron chi connectivity index (χ3n) is 5.50. The summed E-state index contributed by atoms with van der Waals surface area (Å²) < 4.78 is 11.6. The van der Waals surface area contributed by atoms with Crippen molar-refractivity contribution in [2.24, 2.45) is 5.92 Å². The summed E-state index contributed by atoms with van der Waals surface area (Å²) in [6.45, 7) is 4.58. The second-order valence-corrected chi connectivity index (χ2v) is 8.18. The zero-order chi connectivity index (χ0) is 16.4. The summed E-state index contributed by atoms with van der Waals surface area (Å²) in [5, 5.41) is 5.04. The van der Waals surface area contributed by atoms with Crippen LogP contribution in [0.1, 0.15) is 30.6 Å². The van der Waals surface area contributed by atoms with Gasteiger partial charge < -0.3 is 14.8 Å². The average molecular weight is 350 g/mol. The molecule has 4 heterocycles. The molecule has 0 saturated carbocycles. The highest BCUT2D eigenvalue weighted by Gasteiger charge is 2.44. The predicted molar refractivity (Wildman–Crippen MR) is 93.0 cm³/mol. The van der Waals surface area contributed by atoms with Gasteiger partial charge in [-0.3, -0.25) is 9.69 Å². The second-order valence-electron chi connectivity index (χ2n) is 7.15. The zero-order valence-corrected chi connectivity index (χ0v) is 14.8. The Kier molecular flexibility index (Phi) is 5.17. The first-order valence-electron chi connectivity index (χ1n) is 9.04. The third-order valence-corrected chi connectivity index (χ3v) is 6.38. The van der Waals surface area contributed by atoms with E-state index in [2.05, 4.69) is 10.2 Å². The van der Waals surface area contributed by atoms with Gasteiger partial charge in [0.1, 0.15) is 0 Å². The molecule has 0 unspecified atom stereocenters. The summed E-state index contributed by atoms with van der Waals surface area (Å²) in [6, 6.07) is 4.73. The van der Waals surface area contributed by atoms with Gasteiger partial charge in [-0.2, -0.15) is 0 Å². The fraction of sp³-hybridized carbons (Fsp3) is 0.722. The van der Waals surface area contributed by atoms with E-state index in [1.54, 1.807) is 11.3 Å². The Labute approximate surface area is 147 Å². The van der Waals surface area contributed by atoms with Gasteiger partial charge in [0.2, 0.25) is 5.91 Å². The number of carbonyl (C=O) groups is 1. The molecule has 4 rings (SSSR count). The Bertz CT molecular complexity index is 530. The monoisotopic (exact) mass is 350 g/mol. The van der Waals surface area contributed by atoms with Gasteiger partial charge in [0.05, 0.1) is 25.2 Å². The standard InChI is InChI=1S/C18H26N2O3S/c21-18(19-10-16-2-1-7-24-16)9-15-8-13-11-20(12-17(13)23-15)14-3-5-22-6-4-14/h1-2,7,13-15,17H,3-6,8-12H2,(H,19,21)/t13-,15+,17+/m0/s1. The van der Waals surface area contributed by atoms with Gasteiger partial charge in [0.25, 0.3) is 0 Å². The molecule has 0 aliphatic carbocycles. The number of hydrogen-bond donors (Lipinski definition) is 1. The van der Waals surface area contributed by atoms with Crippen LogP contribution in [-0.2, 0) is 20.8 Å².